The molecule has 2 aromatic carbocycles. The van der Waals surface area contributed by atoms with Gasteiger partial charge in [-0.2, -0.15) is 0 Å². The molecule has 0 radical (unpaired) electrons. The molecule has 0 fully saturated rings. The van der Waals surface area contributed by atoms with Gasteiger partial charge in [-0.05, 0) is 55.0 Å². The molecule has 0 unspecified atom stereocenters. The zero-order chi connectivity index (χ0) is 21.8. The molecular formula is C24H20FN3O3. The predicted octanol–water partition coefficient (Wildman–Crippen LogP) is 4.81. The average Bonchev–Trinajstić information content (AvgIpc) is 2.79. The molecular weight excluding hydrogens is 397 g/mol. The minimum absolute atomic E-state index is 0.0908. The zero-order valence-corrected chi connectivity index (χ0v) is 17.1. The van der Waals surface area contributed by atoms with Crippen LogP contribution in [0.4, 0.5) is 4.39 Å². The van der Waals surface area contributed by atoms with Crippen LogP contribution in [0.2, 0.25) is 0 Å². The van der Waals surface area contributed by atoms with Gasteiger partial charge in [0.05, 0.1) is 30.1 Å². The molecule has 0 aliphatic rings. The number of hydrogen-bond donors (Lipinski definition) is 1. The molecule has 2 aromatic heterocycles. The first-order valence-electron chi connectivity index (χ1n) is 9.63. The van der Waals surface area contributed by atoms with Crippen LogP contribution in [-0.4, -0.2) is 23.0 Å². The van der Waals surface area contributed by atoms with Gasteiger partial charge in [-0.1, -0.05) is 6.07 Å². The van der Waals surface area contributed by atoms with E-state index >= 15 is 0 Å². The summed E-state index contributed by atoms with van der Waals surface area (Å²) in [5, 5.41) is 3.65. The Hall–Kier alpha value is -4.00. The van der Waals surface area contributed by atoms with Crippen molar-refractivity contribution in [2.45, 2.75) is 13.5 Å². The van der Waals surface area contributed by atoms with Gasteiger partial charge < -0.3 is 14.8 Å². The highest BCUT2D eigenvalue weighted by atomic mass is 19.1. The van der Waals surface area contributed by atoms with E-state index in [1.54, 1.807) is 44.5 Å². The van der Waals surface area contributed by atoms with Gasteiger partial charge in [-0.15, -0.1) is 0 Å². The van der Waals surface area contributed by atoms with Crippen LogP contribution in [0, 0.1) is 12.7 Å². The van der Waals surface area contributed by atoms with E-state index in [0.717, 1.165) is 10.9 Å². The van der Waals surface area contributed by atoms with Crippen LogP contribution < -0.4 is 14.8 Å². The number of rotatable bonds is 6. The van der Waals surface area contributed by atoms with Gasteiger partial charge in [0.1, 0.15) is 11.5 Å². The number of nitrogens with one attached hydrogen (secondary N) is 1. The van der Waals surface area contributed by atoms with Crippen molar-refractivity contribution >= 4 is 16.8 Å². The third-order valence-electron chi connectivity index (χ3n) is 4.77. The number of amides is 1. The van der Waals surface area contributed by atoms with E-state index in [4.69, 9.17) is 9.47 Å². The molecule has 0 saturated carbocycles. The molecule has 2 heterocycles. The number of fused-ring (bicyclic) bond motifs is 1. The highest BCUT2D eigenvalue weighted by molar-refractivity contribution is 5.98. The number of hydrogen-bond acceptors (Lipinski definition) is 5. The molecule has 1 N–H and O–H groups in total. The fourth-order valence-corrected chi connectivity index (χ4v) is 3.15. The van der Waals surface area contributed by atoms with Gasteiger partial charge in [0.15, 0.2) is 11.6 Å². The van der Waals surface area contributed by atoms with Crippen LogP contribution in [-0.2, 0) is 6.54 Å². The first-order valence-corrected chi connectivity index (χ1v) is 9.63. The Balaban J connectivity index is 1.46. The molecule has 0 aliphatic heterocycles. The van der Waals surface area contributed by atoms with Crippen LogP contribution in [0.25, 0.3) is 10.9 Å². The van der Waals surface area contributed by atoms with Crippen molar-refractivity contribution in [3.05, 3.63) is 89.6 Å². The van der Waals surface area contributed by atoms with E-state index in [9.17, 15) is 9.18 Å². The maximum Gasteiger partial charge on any atom is 0.253 e. The monoisotopic (exact) mass is 417 g/mol. The van der Waals surface area contributed by atoms with Gasteiger partial charge >= 0.3 is 0 Å². The van der Waals surface area contributed by atoms with Crippen molar-refractivity contribution < 1.29 is 18.7 Å². The lowest BCUT2D eigenvalue weighted by Crippen LogP contribution is -2.24. The molecule has 0 aliphatic carbocycles. The van der Waals surface area contributed by atoms with E-state index in [-0.39, 0.29) is 18.2 Å². The lowest BCUT2D eigenvalue weighted by molar-refractivity contribution is 0.0950. The van der Waals surface area contributed by atoms with Gasteiger partial charge in [0, 0.05) is 24.2 Å². The van der Waals surface area contributed by atoms with E-state index in [2.05, 4.69) is 15.3 Å². The largest absolute Gasteiger partial charge is 0.497 e. The summed E-state index contributed by atoms with van der Waals surface area (Å²) in [7, 11) is 1.59. The molecule has 4 aromatic rings. The van der Waals surface area contributed by atoms with Crippen molar-refractivity contribution in [1.29, 1.82) is 0 Å². The quantitative estimate of drug-likeness (QED) is 0.487. The number of benzene rings is 2. The Morgan fingerprint density at radius 2 is 1.97 bits per heavy atom. The van der Waals surface area contributed by atoms with Crippen molar-refractivity contribution in [3.63, 3.8) is 0 Å². The third kappa shape index (κ3) is 4.61. The standard InChI is InChI=1S/C24H20FN3O3/c1-15-20(11-17-6-7-18(30-2)12-22(17)28-15)24(29)27-13-16-5-8-23(21(25)10-16)31-19-4-3-9-26-14-19/h3-12,14H,13H2,1-2H3,(H,27,29). The van der Waals surface area contributed by atoms with Crippen molar-refractivity contribution in [3.8, 4) is 17.2 Å². The van der Waals surface area contributed by atoms with Gasteiger partial charge in [-0.3, -0.25) is 14.8 Å². The Bertz CT molecular complexity index is 1250. The first-order chi connectivity index (χ1) is 15.0. The van der Waals surface area contributed by atoms with E-state index < -0.39 is 5.82 Å². The Morgan fingerprint density at radius 3 is 2.71 bits per heavy atom. The first kappa shape index (κ1) is 20.3. The molecule has 6 nitrogen and oxygen atoms in total. The van der Waals surface area contributed by atoms with E-state index in [0.29, 0.717) is 28.3 Å². The Kier molecular flexibility index (Phi) is 5.75. The number of nitrogens with zero attached hydrogens (tertiary/aromatic N) is 2. The topological polar surface area (TPSA) is 73.3 Å². The summed E-state index contributed by atoms with van der Waals surface area (Å²) in [5.41, 5.74) is 2.43. The Labute approximate surface area is 178 Å². The number of pyridine rings is 2. The number of aryl methyl sites for hydroxylation is 1. The molecule has 0 saturated heterocycles. The van der Waals surface area contributed by atoms with Crippen molar-refractivity contribution in [2.24, 2.45) is 0 Å². The highest BCUT2D eigenvalue weighted by Crippen LogP contribution is 2.25. The number of halogens is 1. The van der Waals surface area contributed by atoms with Crippen LogP contribution in [0.1, 0.15) is 21.6 Å². The summed E-state index contributed by atoms with van der Waals surface area (Å²) in [5.74, 6) is 0.439. The molecule has 4 rings (SSSR count). The van der Waals surface area contributed by atoms with E-state index in [1.165, 1.54) is 18.3 Å². The summed E-state index contributed by atoms with van der Waals surface area (Å²) in [4.78, 5) is 21.1. The van der Waals surface area contributed by atoms with Crippen LogP contribution >= 0.6 is 0 Å². The van der Waals surface area contributed by atoms with Gasteiger partial charge in [0.25, 0.3) is 5.91 Å². The maximum atomic E-state index is 14.4. The second-order valence-corrected chi connectivity index (χ2v) is 6.92. The number of ether oxygens (including phenoxy) is 2. The Morgan fingerprint density at radius 1 is 1.10 bits per heavy atom. The van der Waals surface area contributed by atoms with Crippen LogP contribution in [0.5, 0.6) is 17.2 Å². The van der Waals surface area contributed by atoms with Crippen molar-refractivity contribution in [2.75, 3.05) is 7.11 Å². The lowest BCUT2D eigenvalue weighted by atomic mass is 10.1. The molecule has 0 spiro atoms. The number of methoxy groups -OCH3 is 1. The zero-order valence-electron chi connectivity index (χ0n) is 17.1. The van der Waals surface area contributed by atoms with Gasteiger partial charge in [-0.25, -0.2) is 4.39 Å². The van der Waals surface area contributed by atoms with Crippen LogP contribution in [0.3, 0.4) is 0 Å². The number of carbonyl (C=O) groups excluding carboxylic acids is 1. The second kappa shape index (κ2) is 8.79. The fourth-order valence-electron chi connectivity index (χ4n) is 3.15. The molecule has 1 amide bonds. The number of aromatic nitrogens is 2. The van der Waals surface area contributed by atoms with Crippen LogP contribution in [0.15, 0.2) is 67.0 Å². The fraction of sp³-hybridized carbons (Fsp3) is 0.125. The highest BCUT2D eigenvalue weighted by Gasteiger charge is 2.13. The SMILES string of the molecule is COc1ccc2cc(C(=O)NCc3ccc(Oc4cccnc4)c(F)c3)c(C)nc2c1. The van der Waals surface area contributed by atoms with E-state index in [1.807, 2.05) is 18.2 Å². The summed E-state index contributed by atoms with van der Waals surface area (Å²) < 4.78 is 25.1. The summed E-state index contributed by atoms with van der Waals surface area (Å²) in [6, 6.07) is 15.2. The summed E-state index contributed by atoms with van der Waals surface area (Å²) >= 11 is 0. The third-order valence-corrected chi connectivity index (χ3v) is 4.77. The molecule has 156 valence electrons. The summed E-state index contributed by atoms with van der Waals surface area (Å²) in [6.45, 7) is 1.95. The normalized spacial score (nSPS) is 10.7. The van der Waals surface area contributed by atoms with Gasteiger partial charge in [0.2, 0.25) is 0 Å². The summed E-state index contributed by atoms with van der Waals surface area (Å²) in [6.07, 6.45) is 3.11. The minimum atomic E-state index is -0.520. The molecule has 0 atom stereocenters. The molecule has 7 heteroatoms. The smallest absolute Gasteiger partial charge is 0.253 e. The lowest BCUT2D eigenvalue weighted by Gasteiger charge is -2.11. The van der Waals surface area contributed by atoms with Crippen molar-refractivity contribution in [1.82, 2.24) is 15.3 Å². The molecule has 0 bridgehead atoms. The second-order valence-electron chi connectivity index (χ2n) is 6.92. The minimum Gasteiger partial charge on any atom is -0.497 e. The number of carbonyl (C=O) groups is 1. The average molecular weight is 417 g/mol. The maximum absolute atomic E-state index is 14.4. The predicted molar refractivity (Wildman–Crippen MR) is 115 cm³/mol. The molecule has 31 heavy (non-hydrogen) atoms.